The Balaban J connectivity index is 1.88. The Morgan fingerprint density at radius 1 is 1.00 bits per heavy atom. The van der Waals surface area contributed by atoms with Crippen molar-refractivity contribution in [3.05, 3.63) is 54.6 Å². The average Bonchev–Trinajstić information content (AvgIpc) is 2.48. The minimum Gasteiger partial charge on any atom is -0.465 e. The summed E-state index contributed by atoms with van der Waals surface area (Å²) in [6.45, 7) is 2.34. The van der Waals surface area contributed by atoms with Crippen LogP contribution in [0, 0.1) is 0 Å². The molecule has 0 unspecified atom stereocenters. The molecule has 0 saturated heterocycles. The molecule has 0 radical (unpaired) electrons. The molecular formula is C16H17NO3. The fourth-order valence-electron chi connectivity index (χ4n) is 1.65. The second-order valence-electron chi connectivity index (χ2n) is 4.10. The predicted octanol–water partition coefficient (Wildman–Crippen LogP) is 3.45. The quantitative estimate of drug-likeness (QED) is 0.817. The van der Waals surface area contributed by atoms with Crippen LogP contribution in [0.15, 0.2) is 54.6 Å². The topological polar surface area (TPSA) is 47.6 Å². The molecule has 0 aromatic heterocycles. The van der Waals surface area contributed by atoms with Gasteiger partial charge in [-0.2, -0.15) is 0 Å². The highest BCUT2D eigenvalue weighted by atomic mass is 16.5. The van der Waals surface area contributed by atoms with Gasteiger partial charge in [0.15, 0.2) is 0 Å². The fraction of sp³-hybridized carbons (Fsp3) is 0.188. The molecule has 0 bridgehead atoms. The van der Waals surface area contributed by atoms with Crippen LogP contribution in [0.3, 0.4) is 0 Å². The zero-order chi connectivity index (χ0) is 14.2. The first-order chi connectivity index (χ1) is 9.78. The summed E-state index contributed by atoms with van der Waals surface area (Å²) < 4.78 is 10.5. The summed E-state index contributed by atoms with van der Waals surface area (Å²) in [5.41, 5.74) is 0.846. The van der Waals surface area contributed by atoms with Gasteiger partial charge in [-0.1, -0.05) is 18.2 Å². The Kier molecular flexibility index (Phi) is 5.00. The SMILES string of the molecule is CCOC(=O)CNc1ccc(Oc2ccccc2)cc1. The highest BCUT2D eigenvalue weighted by Gasteiger charge is 2.01. The number of nitrogens with one attached hydrogen (secondary N) is 1. The van der Waals surface area contributed by atoms with Crippen molar-refractivity contribution in [3.63, 3.8) is 0 Å². The normalized spacial score (nSPS) is 9.85. The number of anilines is 1. The molecular weight excluding hydrogens is 254 g/mol. The van der Waals surface area contributed by atoms with Gasteiger partial charge in [0.05, 0.1) is 6.61 Å². The minimum absolute atomic E-state index is 0.159. The largest absolute Gasteiger partial charge is 0.465 e. The van der Waals surface area contributed by atoms with E-state index in [1.54, 1.807) is 6.92 Å². The van der Waals surface area contributed by atoms with E-state index in [0.717, 1.165) is 17.2 Å². The van der Waals surface area contributed by atoms with Crippen molar-refractivity contribution >= 4 is 11.7 Å². The zero-order valence-electron chi connectivity index (χ0n) is 11.3. The number of carbonyl (C=O) groups is 1. The summed E-state index contributed by atoms with van der Waals surface area (Å²) in [7, 11) is 0. The molecule has 0 aliphatic heterocycles. The summed E-state index contributed by atoms with van der Waals surface area (Å²) >= 11 is 0. The molecule has 0 heterocycles. The lowest BCUT2D eigenvalue weighted by Crippen LogP contribution is -2.16. The number of carbonyl (C=O) groups excluding carboxylic acids is 1. The van der Waals surface area contributed by atoms with Gasteiger partial charge in [0.2, 0.25) is 0 Å². The number of hydrogen-bond acceptors (Lipinski definition) is 4. The predicted molar refractivity (Wildman–Crippen MR) is 78.1 cm³/mol. The highest BCUT2D eigenvalue weighted by molar-refractivity contribution is 5.74. The molecule has 0 aliphatic rings. The molecule has 4 heteroatoms. The zero-order valence-corrected chi connectivity index (χ0v) is 11.3. The molecule has 20 heavy (non-hydrogen) atoms. The van der Waals surface area contributed by atoms with Gasteiger partial charge in [-0.3, -0.25) is 4.79 Å². The van der Waals surface area contributed by atoms with E-state index in [2.05, 4.69) is 5.32 Å². The molecule has 0 fully saturated rings. The summed E-state index contributed by atoms with van der Waals surface area (Å²) in [4.78, 5) is 11.2. The van der Waals surface area contributed by atoms with Gasteiger partial charge in [0.25, 0.3) is 0 Å². The smallest absolute Gasteiger partial charge is 0.325 e. The Bertz CT molecular complexity index is 537. The number of rotatable bonds is 6. The van der Waals surface area contributed by atoms with E-state index in [0.29, 0.717) is 6.61 Å². The first-order valence-electron chi connectivity index (χ1n) is 6.50. The lowest BCUT2D eigenvalue weighted by atomic mass is 10.3. The lowest BCUT2D eigenvalue weighted by molar-refractivity contribution is -0.140. The van der Waals surface area contributed by atoms with E-state index < -0.39 is 0 Å². The number of ether oxygens (including phenoxy) is 2. The van der Waals surface area contributed by atoms with Crippen LogP contribution in [0.1, 0.15) is 6.92 Å². The van der Waals surface area contributed by atoms with Gasteiger partial charge in [-0.05, 0) is 43.3 Å². The third-order valence-electron chi connectivity index (χ3n) is 2.58. The van der Waals surface area contributed by atoms with Crippen LogP contribution < -0.4 is 10.1 Å². The molecule has 2 aromatic carbocycles. The van der Waals surface area contributed by atoms with E-state index in [1.807, 2.05) is 54.6 Å². The lowest BCUT2D eigenvalue weighted by Gasteiger charge is -2.08. The van der Waals surface area contributed by atoms with Crippen LogP contribution in [-0.4, -0.2) is 19.1 Å². The molecule has 0 spiro atoms. The van der Waals surface area contributed by atoms with Crippen LogP contribution in [0.4, 0.5) is 5.69 Å². The molecule has 0 saturated carbocycles. The van der Waals surface area contributed by atoms with Crippen LogP contribution in [0.5, 0.6) is 11.5 Å². The van der Waals surface area contributed by atoms with Crippen molar-refractivity contribution in [2.45, 2.75) is 6.92 Å². The number of benzene rings is 2. The number of hydrogen-bond donors (Lipinski definition) is 1. The Morgan fingerprint density at radius 2 is 1.65 bits per heavy atom. The van der Waals surface area contributed by atoms with Crippen molar-refractivity contribution in [1.82, 2.24) is 0 Å². The van der Waals surface area contributed by atoms with Crippen molar-refractivity contribution < 1.29 is 14.3 Å². The molecule has 2 aromatic rings. The van der Waals surface area contributed by atoms with Gasteiger partial charge in [-0.15, -0.1) is 0 Å². The van der Waals surface area contributed by atoms with Crippen molar-refractivity contribution in [1.29, 1.82) is 0 Å². The van der Waals surface area contributed by atoms with Crippen LogP contribution in [0.2, 0.25) is 0 Å². The summed E-state index contributed by atoms with van der Waals surface area (Å²) in [6, 6.07) is 17.0. The van der Waals surface area contributed by atoms with Crippen LogP contribution in [0.25, 0.3) is 0 Å². The van der Waals surface area contributed by atoms with Crippen molar-refractivity contribution in [2.24, 2.45) is 0 Å². The van der Waals surface area contributed by atoms with Gasteiger partial charge in [-0.25, -0.2) is 0 Å². The maximum absolute atomic E-state index is 11.2. The Labute approximate surface area is 118 Å². The molecule has 104 valence electrons. The monoisotopic (exact) mass is 271 g/mol. The second kappa shape index (κ2) is 7.19. The second-order valence-corrected chi connectivity index (χ2v) is 4.10. The number of para-hydroxylation sites is 1. The average molecular weight is 271 g/mol. The maximum Gasteiger partial charge on any atom is 0.325 e. The molecule has 1 N–H and O–H groups in total. The Hall–Kier alpha value is -2.49. The van der Waals surface area contributed by atoms with E-state index in [4.69, 9.17) is 9.47 Å². The first kappa shape index (κ1) is 13.9. The molecule has 0 atom stereocenters. The van der Waals surface area contributed by atoms with E-state index in [1.165, 1.54) is 0 Å². The Morgan fingerprint density at radius 3 is 2.30 bits per heavy atom. The summed E-state index contributed by atoms with van der Waals surface area (Å²) in [6.07, 6.45) is 0. The third-order valence-corrected chi connectivity index (χ3v) is 2.58. The van der Waals surface area contributed by atoms with E-state index >= 15 is 0 Å². The van der Waals surface area contributed by atoms with Gasteiger partial charge in [0.1, 0.15) is 18.0 Å². The molecule has 4 nitrogen and oxygen atoms in total. The van der Waals surface area contributed by atoms with Crippen molar-refractivity contribution in [2.75, 3.05) is 18.5 Å². The van der Waals surface area contributed by atoms with Crippen molar-refractivity contribution in [3.8, 4) is 11.5 Å². The van der Waals surface area contributed by atoms with E-state index in [-0.39, 0.29) is 12.5 Å². The van der Waals surface area contributed by atoms with E-state index in [9.17, 15) is 4.79 Å². The van der Waals surface area contributed by atoms with Crippen LogP contribution >= 0.6 is 0 Å². The standard InChI is InChI=1S/C16H17NO3/c1-2-19-16(18)12-17-13-8-10-15(11-9-13)20-14-6-4-3-5-7-14/h3-11,17H,2,12H2,1H3. The van der Waals surface area contributed by atoms with Gasteiger partial charge < -0.3 is 14.8 Å². The first-order valence-corrected chi connectivity index (χ1v) is 6.50. The number of esters is 1. The minimum atomic E-state index is -0.267. The maximum atomic E-state index is 11.2. The molecule has 2 rings (SSSR count). The third kappa shape index (κ3) is 4.31. The van der Waals surface area contributed by atoms with Crippen LogP contribution in [-0.2, 0) is 9.53 Å². The fourth-order valence-corrected chi connectivity index (χ4v) is 1.65. The summed E-state index contributed by atoms with van der Waals surface area (Å²) in [5, 5.41) is 2.99. The molecule has 0 amide bonds. The van der Waals surface area contributed by atoms with Gasteiger partial charge in [0, 0.05) is 5.69 Å². The van der Waals surface area contributed by atoms with Gasteiger partial charge >= 0.3 is 5.97 Å². The molecule has 0 aliphatic carbocycles. The highest BCUT2D eigenvalue weighted by Crippen LogP contribution is 2.22. The summed E-state index contributed by atoms with van der Waals surface area (Å²) in [5.74, 6) is 1.27.